The summed E-state index contributed by atoms with van der Waals surface area (Å²) in [5.41, 5.74) is 0. The van der Waals surface area contributed by atoms with Crippen LogP contribution in [0.3, 0.4) is 0 Å². The van der Waals surface area contributed by atoms with E-state index in [1.54, 1.807) is 0 Å². The van der Waals surface area contributed by atoms with Gasteiger partial charge in [0, 0.05) is 6.54 Å². The summed E-state index contributed by atoms with van der Waals surface area (Å²) in [6.07, 6.45) is 6.62. The Morgan fingerprint density at radius 1 is 1.27 bits per heavy atom. The van der Waals surface area contributed by atoms with Gasteiger partial charge in [0.2, 0.25) is 0 Å². The molecule has 1 aliphatic rings. The second-order valence-corrected chi connectivity index (χ2v) is 3.16. The first-order valence-electron chi connectivity index (χ1n) is 4.32. The number of rotatable bonds is 3. The van der Waals surface area contributed by atoms with Gasteiger partial charge >= 0.3 is 0 Å². The van der Waals surface area contributed by atoms with Crippen LogP contribution < -0.4 is 0 Å². The molecule has 1 rings (SSSR count). The minimum Gasteiger partial charge on any atom is -0.300 e. The molecule has 0 aromatic carbocycles. The van der Waals surface area contributed by atoms with Crippen LogP contribution in [-0.4, -0.2) is 24.5 Å². The van der Waals surface area contributed by atoms with Gasteiger partial charge in [0.1, 0.15) is 0 Å². The molecule has 1 heterocycles. The Bertz CT molecular complexity index is 132. The standard InChI is InChI=1S/C10H17N/c1-3-7-11-8-5-10(4-2)6-9-11/h3-4,10H,1-2,5-9H2. The molecule has 0 radical (unpaired) electrons. The Morgan fingerprint density at radius 3 is 2.36 bits per heavy atom. The number of likely N-dealkylation sites (tertiary alicyclic amines) is 1. The average molecular weight is 151 g/mol. The zero-order chi connectivity index (χ0) is 8.10. The van der Waals surface area contributed by atoms with Gasteiger partial charge in [-0.2, -0.15) is 0 Å². The van der Waals surface area contributed by atoms with Crippen molar-refractivity contribution in [2.45, 2.75) is 12.8 Å². The van der Waals surface area contributed by atoms with Gasteiger partial charge in [-0.1, -0.05) is 12.2 Å². The van der Waals surface area contributed by atoms with Crippen molar-refractivity contribution in [3.8, 4) is 0 Å². The SMILES string of the molecule is C=CCN1CCC(C=C)CC1. The monoisotopic (exact) mass is 151 g/mol. The zero-order valence-electron chi connectivity index (χ0n) is 7.13. The van der Waals surface area contributed by atoms with Gasteiger partial charge in [0.25, 0.3) is 0 Å². The van der Waals surface area contributed by atoms with Crippen LogP contribution >= 0.6 is 0 Å². The van der Waals surface area contributed by atoms with E-state index in [0.717, 1.165) is 12.5 Å². The first-order valence-corrected chi connectivity index (χ1v) is 4.32. The molecule has 0 aromatic rings. The third-order valence-corrected chi connectivity index (χ3v) is 2.35. The largest absolute Gasteiger partial charge is 0.300 e. The third kappa shape index (κ3) is 2.51. The average Bonchev–Trinajstić information content (AvgIpc) is 2.07. The molecule has 0 aromatic heterocycles. The van der Waals surface area contributed by atoms with Crippen molar-refractivity contribution >= 4 is 0 Å². The molecule has 0 N–H and O–H groups in total. The van der Waals surface area contributed by atoms with Crippen molar-refractivity contribution in [3.05, 3.63) is 25.3 Å². The zero-order valence-corrected chi connectivity index (χ0v) is 7.13. The fraction of sp³-hybridized carbons (Fsp3) is 0.600. The van der Waals surface area contributed by atoms with Crippen molar-refractivity contribution in [1.82, 2.24) is 4.90 Å². The Hall–Kier alpha value is -0.560. The lowest BCUT2D eigenvalue weighted by Crippen LogP contribution is -2.33. The Labute approximate surface area is 69.4 Å². The number of hydrogen-bond acceptors (Lipinski definition) is 1. The normalized spacial score (nSPS) is 21.5. The molecular weight excluding hydrogens is 134 g/mol. The van der Waals surface area contributed by atoms with Crippen LogP contribution in [0, 0.1) is 5.92 Å². The van der Waals surface area contributed by atoms with E-state index in [1.807, 2.05) is 6.08 Å². The van der Waals surface area contributed by atoms with E-state index in [2.05, 4.69) is 24.1 Å². The topological polar surface area (TPSA) is 3.24 Å². The summed E-state index contributed by atoms with van der Waals surface area (Å²) in [7, 11) is 0. The van der Waals surface area contributed by atoms with E-state index in [0.29, 0.717) is 0 Å². The van der Waals surface area contributed by atoms with E-state index < -0.39 is 0 Å². The molecule has 0 unspecified atom stereocenters. The summed E-state index contributed by atoms with van der Waals surface area (Å²) in [5.74, 6) is 0.760. The predicted molar refractivity (Wildman–Crippen MR) is 49.6 cm³/mol. The van der Waals surface area contributed by atoms with Gasteiger partial charge < -0.3 is 0 Å². The number of piperidine rings is 1. The molecule has 11 heavy (non-hydrogen) atoms. The summed E-state index contributed by atoms with van der Waals surface area (Å²) < 4.78 is 0. The van der Waals surface area contributed by atoms with Crippen LogP contribution in [0.2, 0.25) is 0 Å². The van der Waals surface area contributed by atoms with Crippen molar-refractivity contribution in [2.75, 3.05) is 19.6 Å². The van der Waals surface area contributed by atoms with Crippen molar-refractivity contribution in [3.63, 3.8) is 0 Å². The molecule has 0 amide bonds. The van der Waals surface area contributed by atoms with Crippen molar-refractivity contribution < 1.29 is 0 Å². The van der Waals surface area contributed by atoms with Gasteiger partial charge in [-0.05, 0) is 31.8 Å². The molecule has 1 fully saturated rings. The molecule has 0 atom stereocenters. The van der Waals surface area contributed by atoms with Gasteiger partial charge in [-0.3, -0.25) is 4.90 Å². The maximum atomic E-state index is 3.82. The van der Waals surface area contributed by atoms with Crippen molar-refractivity contribution in [1.29, 1.82) is 0 Å². The minimum atomic E-state index is 0.760. The van der Waals surface area contributed by atoms with Crippen LogP contribution in [-0.2, 0) is 0 Å². The second-order valence-electron chi connectivity index (χ2n) is 3.16. The highest BCUT2D eigenvalue weighted by molar-refractivity contribution is 4.86. The van der Waals surface area contributed by atoms with E-state index >= 15 is 0 Å². The lowest BCUT2D eigenvalue weighted by atomic mass is 9.97. The summed E-state index contributed by atoms with van der Waals surface area (Å²) in [6, 6.07) is 0. The molecule has 1 heteroatoms. The lowest BCUT2D eigenvalue weighted by molar-refractivity contribution is 0.222. The van der Waals surface area contributed by atoms with Gasteiger partial charge in [0.15, 0.2) is 0 Å². The molecule has 1 saturated heterocycles. The molecule has 0 aliphatic carbocycles. The predicted octanol–water partition coefficient (Wildman–Crippen LogP) is 2.07. The Balaban J connectivity index is 2.23. The summed E-state index contributed by atoms with van der Waals surface area (Å²) in [5, 5.41) is 0. The van der Waals surface area contributed by atoms with Crippen LogP contribution in [0.5, 0.6) is 0 Å². The van der Waals surface area contributed by atoms with Gasteiger partial charge in [-0.15, -0.1) is 13.2 Å². The molecule has 0 saturated carbocycles. The fourth-order valence-corrected chi connectivity index (χ4v) is 1.55. The fourth-order valence-electron chi connectivity index (χ4n) is 1.55. The molecule has 0 spiro atoms. The van der Waals surface area contributed by atoms with E-state index in [4.69, 9.17) is 0 Å². The number of hydrogen-bond donors (Lipinski definition) is 0. The van der Waals surface area contributed by atoms with Crippen molar-refractivity contribution in [2.24, 2.45) is 5.92 Å². The smallest absolute Gasteiger partial charge is 0.0160 e. The third-order valence-electron chi connectivity index (χ3n) is 2.35. The van der Waals surface area contributed by atoms with Gasteiger partial charge in [0.05, 0.1) is 0 Å². The number of nitrogens with zero attached hydrogens (tertiary/aromatic N) is 1. The van der Waals surface area contributed by atoms with E-state index in [1.165, 1.54) is 25.9 Å². The van der Waals surface area contributed by atoms with Crippen LogP contribution in [0.1, 0.15) is 12.8 Å². The van der Waals surface area contributed by atoms with E-state index in [-0.39, 0.29) is 0 Å². The molecule has 62 valence electrons. The lowest BCUT2D eigenvalue weighted by Gasteiger charge is -2.29. The highest BCUT2D eigenvalue weighted by Gasteiger charge is 2.14. The van der Waals surface area contributed by atoms with E-state index in [9.17, 15) is 0 Å². The Morgan fingerprint density at radius 2 is 1.91 bits per heavy atom. The van der Waals surface area contributed by atoms with Crippen LogP contribution in [0.15, 0.2) is 25.3 Å². The summed E-state index contributed by atoms with van der Waals surface area (Å²) in [6.45, 7) is 11.0. The van der Waals surface area contributed by atoms with Crippen LogP contribution in [0.4, 0.5) is 0 Å². The quantitative estimate of drug-likeness (QED) is 0.558. The summed E-state index contributed by atoms with van der Waals surface area (Å²) >= 11 is 0. The molecule has 1 nitrogen and oxygen atoms in total. The van der Waals surface area contributed by atoms with Crippen LogP contribution in [0.25, 0.3) is 0 Å². The molecule has 0 bridgehead atoms. The second kappa shape index (κ2) is 4.35. The minimum absolute atomic E-state index is 0.760. The summed E-state index contributed by atoms with van der Waals surface area (Å²) in [4.78, 5) is 2.44. The highest BCUT2D eigenvalue weighted by Crippen LogP contribution is 2.16. The highest BCUT2D eigenvalue weighted by atomic mass is 15.1. The maximum Gasteiger partial charge on any atom is 0.0160 e. The maximum absolute atomic E-state index is 3.82. The first kappa shape index (κ1) is 8.54. The Kier molecular flexibility index (Phi) is 3.37. The first-order chi connectivity index (χ1) is 5.36. The molecular formula is C10H17N. The molecule has 1 aliphatic heterocycles. The van der Waals surface area contributed by atoms with Gasteiger partial charge in [-0.25, -0.2) is 0 Å². The number of allylic oxidation sites excluding steroid dienone is 1.